The summed E-state index contributed by atoms with van der Waals surface area (Å²) >= 11 is 0. The third kappa shape index (κ3) is 3.62. The molecule has 27 heavy (non-hydrogen) atoms. The standard InChI is InChI=1S/C20H15N3O4/c24-18-9-20(26)19(25)8-15(18)10-23-11-16(21-22-23)12-27-17-6-5-13-3-1-2-4-14(13)7-17/h1-9,11,24H,10,12H2. The summed E-state index contributed by atoms with van der Waals surface area (Å²) in [5, 5.41) is 20.0. The number of hydrogen-bond acceptors (Lipinski definition) is 6. The fourth-order valence-corrected chi connectivity index (χ4v) is 2.79. The first-order valence-corrected chi connectivity index (χ1v) is 8.29. The fourth-order valence-electron chi connectivity index (χ4n) is 2.79. The molecule has 7 nitrogen and oxygen atoms in total. The molecule has 0 aliphatic heterocycles. The Balaban J connectivity index is 1.42. The van der Waals surface area contributed by atoms with Crippen LogP contribution in [-0.2, 0) is 22.7 Å². The number of carbonyl (C=O) groups excluding carboxylic acids is 2. The minimum absolute atomic E-state index is 0.129. The van der Waals surface area contributed by atoms with Crippen LogP contribution in [0.5, 0.6) is 5.75 Å². The summed E-state index contributed by atoms with van der Waals surface area (Å²) in [5.74, 6) is -0.908. The summed E-state index contributed by atoms with van der Waals surface area (Å²) in [6, 6.07) is 13.8. The van der Waals surface area contributed by atoms with Gasteiger partial charge >= 0.3 is 0 Å². The molecule has 0 amide bonds. The predicted octanol–water partition coefficient (Wildman–Crippen LogP) is 2.53. The van der Waals surface area contributed by atoms with Crippen molar-refractivity contribution in [3.63, 3.8) is 0 Å². The molecule has 0 saturated carbocycles. The van der Waals surface area contributed by atoms with Gasteiger partial charge in [0.25, 0.3) is 0 Å². The summed E-state index contributed by atoms with van der Waals surface area (Å²) in [7, 11) is 0. The molecule has 0 radical (unpaired) electrons. The topological polar surface area (TPSA) is 94.3 Å². The number of ether oxygens (including phenoxy) is 1. The van der Waals surface area contributed by atoms with Crippen molar-refractivity contribution in [3.05, 3.63) is 77.8 Å². The minimum Gasteiger partial charge on any atom is -0.507 e. The number of hydrogen-bond donors (Lipinski definition) is 1. The van der Waals surface area contributed by atoms with Crippen LogP contribution in [0, 0.1) is 0 Å². The van der Waals surface area contributed by atoms with Crippen LogP contribution in [0.3, 0.4) is 0 Å². The summed E-state index contributed by atoms with van der Waals surface area (Å²) in [4.78, 5) is 22.7. The quantitative estimate of drug-likeness (QED) is 0.554. The van der Waals surface area contributed by atoms with Crippen LogP contribution in [0.2, 0.25) is 0 Å². The number of benzene rings is 2. The van der Waals surface area contributed by atoms with E-state index >= 15 is 0 Å². The molecular formula is C20H15N3O4. The molecule has 0 saturated heterocycles. The van der Waals surface area contributed by atoms with Crippen LogP contribution in [0.15, 0.2) is 72.1 Å². The molecule has 0 bridgehead atoms. The molecule has 1 heterocycles. The van der Waals surface area contributed by atoms with Gasteiger partial charge in [0.1, 0.15) is 23.8 Å². The number of allylic oxidation sites excluding steroid dienone is 3. The maximum atomic E-state index is 11.5. The number of aromatic nitrogens is 3. The average Bonchev–Trinajstić information content (AvgIpc) is 3.12. The second kappa shape index (κ2) is 6.87. The molecule has 1 N–H and O–H groups in total. The van der Waals surface area contributed by atoms with Gasteiger partial charge in [-0.2, -0.15) is 0 Å². The molecule has 1 aromatic heterocycles. The Morgan fingerprint density at radius 3 is 2.63 bits per heavy atom. The van der Waals surface area contributed by atoms with Gasteiger partial charge in [-0.25, -0.2) is 4.68 Å². The highest BCUT2D eigenvalue weighted by molar-refractivity contribution is 6.46. The van der Waals surface area contributed by atoms with E-state index < -0.39 is 11.6 Å². The molecule has 0 atom stereocenters. The molecule has 7 heteroatoms. The first-order chi connectivity index (χ1) is 13.1. The summed E-state index contributed by atoms with van der Waals surface area (Å²) in [6.45, 7) is 0.362. The Morgan fingerprint density at radius 1 is 1.00 bits per heavy atom. The van der Waals surface area contributed by atoms with Gasteiger partial charge in [0.15, 0.2) is 0 Å². The number of carbonyl (C=O) groups is 2. The van der Waals surface area contributed by atoms with Gasteiger partial charge in [0, 0.05) is 11.6 Å². The van der Waals surface area contributed by atoms with Crippen LogP contribution >= 0.6 is 0 Å². The van der Waals surface area contributed by atoms with Gasteiger partial charge < -0.3 is 9.84 Å². The van der Waals surface area contributed by atoms with Gasteiger partial charge in [0.2, 0.25) is 11.6 Å². The lowest BCUT2D eigenvalue weighted by Crippen LogP contribution is -2.17. The predicted molar refractivity (Wildman–Crippen MR) is 97.1 cm³/mol. The number of rotatable bonds is 5. The average molecular weight is 361 g/mol. The molecule has 2 aromatic carbocycles. The third-order valence-electron chi connectivity index (χ3n) is 4.17. The fraction of sp³-hybridized carbons (Fsp3) is 0.100. The molecular weight excluding hydrogens is 346 g/mol. The van der Waals surface area contributed by atoms with Crippen LogP contribution in [0.4, 0.5) is 0 Å². The first-order valence-electron chi connectivity index (χ1n) is 8.29. The van der Waals surface area contributed by atoms with Gasteiger partial charge in [-0.15, -0.1) is 5.10 Å². The van der Waals surface area contributed by atoms with E-state index in [0.717, 1.165) is 28.7 Å². The Labute approximate surface area is 154 Å². The van der Waals surface area contributed by atoms with Gasteiger partial charge in [-0.05, 0) is 29.0 Å². The number of aliphatic hydroxyl groups is 1. The molecule has 1 aliphatic carbocycles. The van der Waals surface area contributed by atoms with Crippen molar-refractivity contribution in [1.29, 1.82) is 0 Å². The lowest BCUT2D eigenvalue weighted by Gasteiger charge is -2.09. The van der Waals surface area contributed by atoms with Gasteiger partial charge in [0.05, 0.1) is 12.7 Å². The van der Waals surface area contributed by atoms with Crippen molar-refractivity contribution < 1.29 is 19.4 Å². The maximum Gasteiger partial charge on any atom is 0.229 e. The van der Waals surface area contributed by atoms with Crippen LogP contribution in [0.1, 0.15) is 5.69 Å². The lowest BCUT2D eigenvalue weighted by molar-refractivity contribution is -0.131. The molecule has 1 aliphatic rings. The SMILES string of the molecule is O=C1C=C(O)C(Cn2cc(COc3ccc4ccccc4c3)nn2)=CC1=O. The highest BCUT2D eigenvalue weighted by atomic mass is 16.5. The van der Waals surface area contributed by atoms with Crippen LogP contribution < -0.4 is 4.74 Å². The number of fused-ring (bicyclic) bond motifs is 1. The van der Waals surface area contributed by atoms with Crippen LogP contribution in [0.25, 0.3) is 10.8 Å². The summed E-state index contributed by atoms with van der Waals surface area (Å²) in [6.07, 6.45) is 3.69. The highest BCUT2D eigenvalue weighted by Crippen LogP contribution is 2.21. The van der Waals surface area contributed by atoms with Gasteiger partial charge in [-0.1, -0.05) is 35.5 Å². The van der Waals surface area contributed by atoms with E-state index in [1.54, 1.807) is 6.20 Å². The molecule has 0 fully saturated rings. The van der Waals surface area contributed by atoms with E-state index in [-0.39, 0.29) is 18.9 Å². The van der Waals surface area contributed by atoms with E-state index in [2.05, 4.69) is 10.3 Å². The van der Waals surface area contributed by atoms with Crippen molar-refractivity contribution in [3.8, 4) is 5.75 Å². The van der Waals surface area contributed by atoms with Crippen molar-refractivity contribution in [2.45, 2.75) is 13.2 Å². The van der Waals surface area contributed by atoms with Crippen LogP contribution in [-0.4, -0.2) is 31.7 Å². The first kappa shape index (κ1) is 16.7. The largest absolute Gasteiger partial charge is 0.507 e. The monoisotopic (exact) mass is 361 g/mol. The van der Waals surface area contributed by atoms with Crippen molar-refractivity contribution >= 4 is 22.3 Å². The zero-order chi connectivity index (χ0) is 18.8. The van der Waals surface area contributed by atoms with E-state index in [4.69, 9.17) is 4.74 Å². The molecule has 0 spiro atoms. The lowest BCUT2D eigenvalue weighted by atomic mass is 10.0. The normalized spacial score (nSPS) is 14.2. The molecule has 3 aromatic rings. The zero-order valence-electron chi connectivity index (χ0n) is 14.2. The van der Waals surface area contributed by atoms with E-state index in [1.165, 1.54) is 4.68 Å². The molecule has 4 rings (SSSR count). The molecule has 0 unspecified atom stereocenters. The Morgan fingerprint density at radius 2 is 1.78 bits per heavy atom. The smallest absolute Gasteiger partial charge is 0.229 e. The van der Waals surface area contributed by atoms with Gasteiger partial charge in [-0.3, -0.25) is 9.59 Å². The number of nitrogens with zero attached hydrogens (tertiary/aromatic N) is 3. The van der Waals surface area contributed by atoms with Crippen molar-refractivity contribution in [1.82, 2.24) is 15.0 Å². The van der Waals surface area contributed by atoms with E-state index in [0.29, 0.717) is 11.3 Å². The Kier molecular flexibility index (Phi) is 4.25. The number of ketones is 2. The summed E-state index contributed by atoms with van der Waals surface area (Å²) in [5.41, 5.74) is 0.914. The highest BCUT2D eigenvalue weighted by Gasteiger charge is 2.20. The summed E-state index contributed by atoms with van der Waals surface area (Å²) < 4.78 is 7.24. The zero-order valence-corrected chi connectivity index (χ0v) is 14.2. The maximum absolute atomic E-state index is 11.5. The Bertz CT molecular complexity index is 1110. The van der Waals surface area contributed by atoms with E-state index in [9.17, 15) is 14.7 Å². The van der Waals surface area contributed by atoms with Crippen molar-refractivity contribution in [2.24, 2.45) is 0 Å². The minimum atomic E-state index is -0.737. The van der Waals surface area contributed by atoms with Crippen molar-refractivity contribution in [2.75, 3.05) is 0 Å². The third-order valence-corrected chi connectivity index (χ3v) is 4.17. The Hall–Kier alpha value is -3.74. The number of aliphatic hydroxyl groups excluding tert-OH is 1. The second-order valence-electron chi connectivity index (χ2n) is 6.13. The molecule has 134 valence electrons. The second-order valence-corrected chi connectivity index (χ2v) is 6.13. The van der Waals surface area contributed by atoms with E-state index in [1.807, 2.05) is 42.5 Å².